The number of rotatable bonds is 3. The lowest BCUT2D eigenvalue weighted by Gasteiger charge is -2.49. The second kappa shape index (κ2) is 5.13. The van der Waals surface area contributed by atoms with Crippen LogP contribution >= 0.6 is 0 Å². The number of carboxylic acids is 3. The quantitative estimate of drug-likeness (QED) is 0.553. The molecule has 4 rings (SSSR count). The van der Waals surface area contributed by atoms with E-state index in [4.69, 9.17) is 0 Å². The lowest BCUT2D eigenvalue weighted by Crippen LogP contribution is -2.55. The molecule has 148 valence electrons. The minimum absolute atomic E-state index is 0.168. The van der Waals surface area contributed by atoms with Crippen LogP contribution in [0.15, 0.2) is 12.2 Å². The molecule has 0 aromatic carbocycles. The molecule has 4 fully saturated rings. The fourth-order valence-corrected chi connectivity index (χ4v) is 7.72. The minimum Gasteiger partial charge on any atom is -0.481 e. The number of aliphatic carboxylic acids is 3. The zero-order valence-corrected chi connectivity index (χ0v) is 15.4. The Labute approximate surface area is 157 Å². The van der Waals surface area contributed by atoms with Crippen molar-refractivity contribution in [2.75, 3.05) is 0 Å². The fourth-order valence-electron chi connectivity index (χ4n) is 7.72. The second-order valence-corrected chi connectivity index (χ2v) is 9.53. The average Bonchev–Trinajstić information content (AvgIpc) is 2.93. The molecule has 1 spiro atoms. The maximum Gasteiger partial charge on any atom is 0.310 e. The van der Waals surface area contributed by atoms with Crippen molar-refractivity contribution in [3.05, 3.63) is 12.2 Å². The van der Waals surface area contributed by atoms with E-state index in [1.165, 1.54) is 6.92 Å². The van der Waals surface area contributed by atoms with E-state index in [-0.39, 0.29) is 25.7 Å². The van der Waals surface area contributed by atoms with Crippen molar-refractivity contribution in [3.63, 3.8) is 0 Å². The van der Waals surface area contributed by atoms with Gasteiger partial charge in [0.1, 0.15) is 0 Å². The Hall–Kier alpha value is -1.89. The Kier molecular flexibility index (Phi) is 3.51. The summed E-state index contributed by atoms with van der Waals surface area (Å²) in [6, 6.07) is 0. The topological polar surface area (TPSA) is 132 Å². The average molecular weight is 378 g/mol. The molecule has 4 aliphatic rings. The lowest BCUT2D eigenvalue weighted by molar-refractivity contribution is -0.177. The second-order valence-electron chi connectivity index (χ2n) is 9.53. The highest BCUT2D eigenvalue weighted by Gasteiger charge is 2.80. The molecule has 0 aromatic heterocycles. The Morgan fingerprint density at radius 3 is 2.30 bits per heavy atom. The van der Waals surface area contributed by atoms with Crippen LogP contribution in [0.3, 0.4) is 0 Å². The predicted molar refractivity (Wildman–Crippen MR) is 92.8 cm³/mol. The molecule has 4 saturated carbocycles. The Morgan fingerprint density at radius 2 is 1.74 bits per heavy atom. The van der Waals surface area contributed by atoms with Gasteiger partial charge in [-0.1, -0.05) is 13.0 Å². The summed E-state index contributed by atoms with van der Waals surface area (Å²) in [4.78, 5) is 37.4. The highest BCUT2D eigenvalue weighted by atomic mass is 16.4. The van der Waals surface area contributed by atoms with Gasteiger partial charge in [0, 0.05) is 5.92 Å². The van der Waals surface area contributed by atoms with Crippen LogP contribution in [-0.4, -0.2) is 43.9 Å². The predicted octanol–water partition coefficient (Wildman–Crippen LogP) is 2.14. The highest BCUT2D eigenvalue weighted by Crippen LogP contribution is 2.78. The van der Waals surface area contributed by atoms with Crippen LogP contribution in [0.2, 0.25) is 0 Å². The van der Waals surface area contributed by atoms with Crippen molar-refractivity contribution in [2.24, 2.45) is 34.0 Å². The van der Waals surface area contributed by atoms with Gasteiger partial charge in [0.15, 0.2) is 0 Å². The largest absolute Gasteiger partial charge is 0.481 e. The summed E-state index contributed by atoms with van der Waals surface area (Å²) in [6.07, 6.45) is 2.16. The van der Waals surface area contributed by atoms with E-state index in [1.54, 1.807) is 0 Å². The van der Waals surface area contributed by atoms with Crippen molar-refractivity contribution in [3.8, 4) is 0 Å². The molecule has 0 saturated heterocycles. The summed E-state index contributed by atoms with van der Waals surface area (Å²) < 4.78 is 0. The normalized spacial score (nSPS) is 50.7. The van der Waals surface area contributed by atoms with Crippen LogP contribution in [-0.2, 0) is 14.4 Å². The van der Waals surface area contributed by atoms with Crippen LogP contribution < -0.4 is 0 Å². The maximum atomic E-state index is 12.7. The summed E-state index contributed by atoms with van der Waals surface area (Å²) in [5, 5.41) is 41.5. The van der Waals surface area contributed by atoms with E-state index < -0.39 is 57.5 Å². The van der Waals surface area contributed by atoms with E-state index in [2.05, 4.69) is 6.58 Å². The number of aliphatic hydroxyl groups is 1. The van der Waals surface area contributed by atoms with Gasteiger partial charge in [0.25, 0.3) is 0 Å². The smallest absolute Gasteiger partial charge is 0.310 e. The molecule has 0 radical (unpaired) electrons. The van der Waals surface area contributed by atoms with Crippen molar-refractivity contribution in [2.45, 2.75) is 57.5 Å². The number of carbonyl (C=O) groups is 3. The molecule has 0 aromatic rings. The highest BCUT2D eigenvalue weighted by molar-refractivity contribution is 5.86. The van der Waals surface area contributed by atoms with E-state index in [0.717, 1.165) is 0 Å². The number of hydrogen-bond donors (Lipinski definition) is 4. The van der Waals surface area contributed by atoms with Crippen LogP contribution in [0.5, 0.6) is 0 Å². The molecule has 0 unspecified atom stereocenters. The van der Waals surface area contributed by atoms with Crippen LogP contribution in [0.25, 0.3) is 0 Å². The van der Waals surface area contributed by atoms with Gasteiger partial charge in [0.05, 0.1) is 22.3 Å². The third-order valence-electron chi connectivity index (χ3n) is 8.62. The van der Waals surface area contributed by atoms with Gasteiger partial charge in [0.2, 0.25) is 0 Å². The Balaban J connectivity index is 2.01. The Morgan fingerprint density at radius 1 is 1.07 bits per heavy atom. The first-order valence-electron chi connectivity index (χ1n) is 9.56. The summed E-state index contributed by atoms with van der Waals surface area (Å²) >= 11 is 0. The molecule has 7 heteroatoms. The van der Waals surface area contributed by atoms with Gasteiger partial charge in [-0.3, -0.25) is 14.4 Å². The molecule has 4 aliphatic carbocycles. The van der Waals surface area contributed by atoms with Crippen molar-refractivity contribution >= 4 is 17.9 Å². The maximum absolute atomic E-state index is 12.7. The zero-order chi connectivity index (χ0) is 20.0. The van der Waals surface area contributed by atoms with Crippen molar-refractivity contribution < 1.29 is 34.8 Å². The molecule has 27 heavy (non-hydrogen) atoms. The summed E-state index contributed by atoms with van der Waals surface area (Å²) in [6.45, 7) is 5.48. The van der Waals surface area contributed by atoms with E-state index >= 15 is 0 Å². The summed E-state index contributed by atoms with van der Waals surface area (Å²) in [5.74, 6) is -5.97. The van der Waals surface area contributed by atoms with Crippen molar-refractivity contribution in [1.82, 2.24) is 0 Å². The van der Waals surface area contributed by atoms with Gasteiger partial charge in [-0.2, -0.15) is 0 Å². The third-order valence-corrected chi connectivity index (χ3v) is 8.62. The van der Waals surface area contributed by atoms with E-state index in [1.807, 2.05) is 0 Å². The monoisotopic (exact) mass is 378 g/mol. The van der Waals surface area contributed by atoms with Crippen LogP contribution in [0, 0.1) is 34.0 Å². The van der Waals surface area contributed by atoms with Gasteiger partial charge in [-0.15, -0.1) is 0 Å². The van der Waals surface area contributed by atoms with Gasteiger partial charge in [-0.25, -0.2) is 0 Å². The molecule has 0 heterocycles. The molecule has 0 aliphatic heterocycles. The summed E-state index contributed by atoms with van der Waals surface area (Å²) in [5.41, 5.74) is -4.36. The minimum atomic E-state index is -1.42. The SMILES string of the molecule is C=C1C[C@]23C[C@@]1(O)CC[C@@H]2[C@]1(C(=O)O)CCC[C@@](C)(C(=O)O)[C@H]1[C@@H]3C(=O)O. The molecular weight excluding hydrogens is 352 g/mol. The number of fused-ring (bicyclic) bond motifs is 3. The van der Waals surface area contributed by atoms with Gasteiger partial charge < -0.3 is 20.4 Å². The van der Waals surface area contributed by atoms with E-state index in [9.17, 15) is 34.8 Å². The molecule has 0 amide bonds. The van der Waals surface area contributed by atoms with Gasteiger partial charge in [-0.05, 0) is 62.4 Å². The van der Waals surface area contributed by atoms with Crippen molar-refractivity contribution in [1.29, 1.82) is 0 Å². The molecule has 7 atom stereocenters. The van der Waals surface area contributed by atoms with Crippen LogP contribution in [0.1, 0.15) is 51.9 Å². The first kappa shape index (κ1) is 18.5. The molecule has 4 N–H and O–H groups in total. The summed E-state index contributed by atoms with van der Waals surface area (Å²) in [7, 11) is 0. The molecule has 2 bridgehead atoms. The Bertz CT molecular complexity index is 774. The number of hydrogen-bond acceptors (Lipinski definition) is 4. The first-order valence-corrected chi connectivity index (χ1v) is 9.56. The third kappa shape index (κ3) is 1.88. The first-order chi connectivity index (χ1) is 12.5. The molecule has 7 nitrogen and oxygen atoms in total. The lowest BCUT2D eigenvalue weighted by atomic mass is 9.52. The zero-order valence-electron chi connectivity index (χ0n) is 15.4. The molecular formula is C20H26O7. The van der Waals surface area contributed by atoms with E-state index in [0.29, 0.717) is 24.8 Å². The number of carboxylic acid groups (broad SMARTS) is 3. The fraction of sp³-hybridized carbons (Fsp3) is 0.750. The van der Waals surface area contributed by atoms with Crippen LogP contribution in [0.4, 0.5) is 0 Å². The van der Waals surface area contributed by atoms with Gasteiger partial charge >= 0.3 is 17.9 Å². The standard InChI is InChI=1S/C20H26O7/c1-10-8-18-9-19(10,27)7-4-11(18)20(16(25)26)6-3-5-17(2,15(23)24)13(20)12(18)14(21)22/h11-13,27H,1,3-9H2,2H3,(H,21,22)(H,23,24)(H,25,26)/t11-,12+,13+,17+,18-,19-,20+/m0/s1.